The number of para-hydroxylation sites is 2. The van der Waals surface area contributed by atoms with Gasteiger partial charge < -0.3 is 24.8 Å². The number of amides is 1. The molecule has 0 aromatic heterocycles. The SMILES string of the molecule is CCOCCOc1ccccc1NC(=O)CNc1cccc(OCc2ccccc2)c1. The van der Waals surface area contributed by atoms with Crippen molar-refractivity contribution < 1.29 is 19.0 Å². The highest BCUT2D eigenvalue weighted by Crippen LogP contribution is 2.24. The van der Waals surface area contributed by atoms with Gasteiger partial charge in [0.1, 0.15) is 24.7 Å². The van der Waals surface area contributed by atoms with Crippen LogP contribution in [-0.2, 0) is 16.1 Å². The third-order valence-corrected chi connectivity index (χ3v) is 4.39. The van der Waals surface area contributed by atoms with Gasteiger partial charge in [0.15, 0.2) is 0 Å². The lowest BCUT2D eigenvalue weighted by atomic mass is 10.2. The summed E-state index contributed by atoms with van der Waals surface area (Å²) >= 11 is 0. The Labute approximate surface area is 183 Å². The largest absolute Gasteiger partial charge is 0.489 e. The predicted molar refractivity (Wildman–Crippen MR) is 123 cm³/mol. The van der Waals surface area contributed by atoms with Crippen LogP contribution in [-0.4, -0.2) is 32.3 Å². The first-order valence-electron chi connectivity index (χ1n) is 10.3. The lowest BCUT2D eigenvalue weighted by Gasteiger charge is -2.13. The Morgan fingerprint density at radius 1 is 0.871 bits per heavy atom. The normalized spacial score (nSPS) is 10.4. The van der Waals surface area contributed by atoms with Gasteiger partial charge in [-0.1, -0.05) is 48.5 Å². The standard InChI is InChI=1S/C25H28N2O4/c1-2-29-15-16-30-24-14-7-6-13-23(24)27-25(28)18-26-21-11-8-12-22(17-21)31-19-20-9-4-3-5-10-20/h3-14,17,26H,2,15-16,18-19H2,1H3,(H,27,28). The highest BCUT2D eigenvalue weighted by atomic mass is 16.5. The molecule has 0 fully saturated rings. The maximum absolute atomic E-state index is 12.4. The number of carbonyl (C=O) groups is 1. The molecule has 0 spiro atoms. The number of hydrogen-bond donors (Lipinski definition) is 2. The van der Waals surface area contributed by atoms with Gasteiger partial charge in [0.25, 0.3) is 0 Å². The van der Waals surface area contributed by atoms with Gasteiger partial charge in [-0.2, -0.15) is 0 Å². The average molecular weight is 421 g/mol. The van der Waals surface area contributed by atoms with Crippen molar-refractivity contribution in [3.63, 3.8) is 0 Å². The molecule has 0 aliphatic carbocycles. The molecule has 0 saturated heterocycles. The van der Waals surface area contributed by atoms with Crippen molar-refractivity contribution in [3.05, 3.63) is 84.4 Å². The fourth-order valence-corrected chi connectivity index (χ4v) is 2.86. The molecule has 2 N–H and O–H groups in total. The Balaban J connectivity index is 1.49. The summed E-state index contributed by atoms with van der Waals surface area (Å²) in [5.74, 6) is 1.19. The molecule has 6 heteroatoms. The van der Waals surface area contributed by atoms with Gasteiger partial charge in [0.2, 0.25) is 5.91 Å². The quantitative estimate of drug-likeness (QED) is 0.415. The minimum Gasteiger partial charge on any atom is -0.489 e. The summed E-state index contributed by atoms with van der Waals surface area (Å²) < 4.78 is 16.8. The van der Waals surface area contributed by atoms with Crippen LogP contribution >= 0.6 is 0 Å². The van der Waals surface area contributed by atoms with Crippen LogP contribution in [0, 0.1) is 0 Å². The molecule has 0 heterocycles. The molecule has 162 valence electrons. The second-order valence-corrected chi connectivity index (χ2v) is 6.75. The summed E-state index contributed by atoms with van der Waals surface area (Å²) in [7, 11) is 0. The van der Waals surface area contributed by atoms with E-state index in [2.05, 4.69) is 10.6 Å². The zero-order chi connectivity index (χ0) is 21.7. The van der Waals surface area contributed by atoms with Gasteiger partial charge >= 0.3 is 0 Å². The fraction of sp³-hybridized carbons (Fsp3) is 0.240. The van der Waals surface area contributed by atoms with Gasteiger partial charge in [0.05, 0.1) is 18.8 Å². The smallest absolute Gasteiger partial charge is 0.243 e. The predicted octanol–water partition coefficient (Wildman–Crippen LogP) is 4.73. The van der Waals surface area contributed by atoms with Crippen LogP contribution in [0.3, 0.4) is 0 Å². The van der Waals surface area contributed by atoms with Crippen LogP contribution in [0.4, 0.5) is 11.4 Å². The first-order valence-corrected chi connectivity index (χ1v) is 10.3. The lowest BCUT2D eigenvalue weighted by Crippen LogP contribution is -2.22. The number of carbonyl (C=O) groups excluding carboxylic acids is 1. The molecule has 0 aliphatic heterocycles. The molecule has 1 amide bonds. The molecule has 0 unspecified atom stereocenters. The molecular weight excluding hydrogens is 392 g/mol. The van der Waals surface area contributed by atoms with Crippen LogP contribution in [0.2, 0.25) is 0 Å². The number of benzene rings is 3. The van der Waals surface area contributed by atoms with Gasteiger partial charge in [-0.25, -0.2) is 0 Å². The zero-order valence-corrected chi connectivity index (χ0v) is 17.7. The fourth-order valence-electron chi connectivity index (χ4n) is 2.86. The van der Waals surface area contributed by atoms with Crippen LogP contribution in [0.15, 0.2) is 78.9 Å². The molecule has 3 aromatic rings. The number of nitrogens with one attached hydrogen (secondary N) is 2. The van der Waals surface area contributed by atoms with E-state index in [9.17, 15) is 4.79 Å². The second-order valence-electron chi connectivity index (χ2n) is 6.75. The highest BCUT2D eigenvalue weighted by molar-refractivity contribution is 5.95. The summed E-state index contributed by atoms with van der Waals surface area (Å²) in [5.41, 5.74) is 2.54. The summed E-state index contributed by atoms with van der Waals surface area (Å²) in [5, 5.41) is 6.01. The Bertz CT molecular complexity index is 947. The van der Waals surface area contributed by atoms with Crippen LogP contribution < -0.4 is 20.1 Å². The monoisotopic (exact) mass is 420 g/mol. The molecule has 0 radical (unpaired) electrons. The summed E-state index contributed by atoms with van der Waals surface area (Å²) in [6, 6.07) is 24.9. The Hall–Kier alpha value is -3.51. The van der Waals surface area contributed by atoms with Crippen molar-refractivity contribution in [2.45, 2.75) is 13.5 Å². The number of anilines is 2. The van der Waals surface area contributed by atoms with Gasteiger partial charge in [-0.3, -0.25) is 4.79 Å². The van der Waals surface area contributed by atoms with E-state index in [4.69, 9.17) is 14.2 Å². The molecule has 0 saturated carbocycles. The number of rotatable bonds is 12. The van der Waals surface area contributed by atoms with Gasteiger partial charge in [-0.05, 0) is 36.8 Å². The van der Waals surface area contributed by atoms with Crippen molar-refractivity contribution in [2.75, 3.05) is 37.0 Å². The van der Waals surface area contributed by atoms with E-state index in [0.29, 0.717) is 37.9 Å². The third kappa shape index (κ3) is 7.68. The average Bonchev–Trinajstić information content (AvgIpc) is 2.81. The molecule has 0 atom stereocenters. The maximum atomic E-state index is 12.4. The molecule has 3 rings (SSSR count). The van der Waals surface area contributed by atoms with Crippen molar-refractivity contribution in [2.24, 2.45) is 0 Å². The Morgan fingerprint density at radius 3 is 2.52 bits per heavy atom. The topological polar surface area (TPSA) is 68.8 Å². The van der Waals surface area contributed by atoms with E-state index in [1.54, 1.807) is 0 Å². The molecular formula is C25H28N2O4. The van der Waals surface area contributed by atoms with E-state index in [-0.39, 0.29) is 12.5 Å². The minimum absolute atomic E-state index is 0.120. The summed E-state index contributed by atoms with van der Waals surface area (Å²) in [6.45, 7) is 4.12. The summed E-state index contributed by atoms with van der Waals surface area (Å²) in [4.78, 5) is 12.4. The van der Waals surface area contributed by atoms with Crippen molar-refractivity contribution in [1.29, 1.82) is 0 Å². The number of hydrogen-bond acceptors (Lipinski definition) is 5. The van der Waals surface area contributed by atoms with Gasteiger partial charge in [0, 0.05) is 18.4 Å². The molecule has 0 bridgehead atoms. The highest BCUT2D eigenvalue weighted by Gasteiger charge is 2.08. The van der Waals surface area contributed by atoms with Gasteiger partial charge in [-0.15, -0.1) is 0 Å². The van der Waals surface area contributed by atoms with Crippen LogP contribution in [0.5, 0.6) is 11.5 Å². The second kappa shape index (κ2) is 12.2. The van der Waals surface area contributed by atoms with Crippen molar-refractivity contribution in [1.82, 2.24) is 0 Å². The molecule has 31 heavy (non-hydrogen) atoms. The Kier molecular flexibility index (Phi) is 8.76. The summed E-state index contributed by atoms with van der Waals surface area (Å²) in [6.07, 6.45) is 0. The maximum Gasteiger partial charge on any atom is 0.243 e. The molecule has 0 aliphatic rings. The third-order valence-electron chi connectivity index (χ3n) is 4.39. The number of ether oxygens (including phenoxy) is 3. The van der Waals surface area contributed by atoms with E-state index in [1.165, 1.54) is 0 Å². The first kappa shape index (κ1) is 22.2. The Morgan fingerprint density at radius 2 is 1.68 bits per heavy atom. The van der Waals surface area contributed by atoms with Crippen molar-refractivity contribution >= 4 is 17.3 Å². The van der Waals surface area contributed by atoms with E-state index < -0.39 is 0 Å². The van der Waals surface area contributed by atoms with Crippen molar-refractivity contribution in [3.8, 4) is 11.5 Å². The van der Waals surface area contributed by atoms with E-state index >= 15 is 0 Å². The first-order chi connectivity index (χ1) is 15.2. The van der Waals surface area contributed by atoms with Crippen LogP contribution in [0.25, 0.3) is 0 Å². The van der Waals surface area contributed by atoms with E-state index in [1.807, 2.05) is 85.8 Å². The minimum atomic E-state index is -0.170. The zero-order valence-electron chi connectivity index (χ0n) is 17.7. The molecule has 6 nitrogen and oxygen atoms in total. The van der Waals surface area contributed by atoms with Crippen LogP contribution in [0.1, 0.15) is 12.5 Å². The lowest BCUT2D eigenvalue weighted by molar-refractivity contribution is -0.114. The molecule has 3 aromatic carbocycles. The van der Waals surface area contributed by atoms with E-state index in [0.717, 1.165) is 17.0 Å².